The molecule has 2 unspecified atom stereocenters. The van der Waals surface area contributed by atoms with Gasteiger partial charge in [0.25, 0.3) is 0 Å². The Labute approximate surface area is 201 Å². The molecule has 1 saturated heterocycles. The minimum absolute atomic E-state index is 0.255. The number of ether oxygens (including phenoxy) is 1. The molecule has 178 valence electrons. The fourth-order valence-electron chi connectivity index (χ4n) is 5.61. The lowest BCUT2D eigenvalue weighted by Crippen LogP contribution is -2.51. The summed E-state index contributed by atoms with van der Waals surface area (Å²) in [5, 5.41) is 0.729. The molecule has 33 heavy (non-hydrogen) atoms. The predicted molar refractivity (Wildman–Crippen MR) is 128 cm³/mol. The van der Waals surface area contributed by atoms with E-state index < -0.39 is 16.4 Å². The smallest absolute Gasteiger partial charge is 0.201 e. The maximum atomic E-state index is 14.9. The monoisotopic (exact) mass is 492 g/mol. The van der Waals surface area contributed by atoms with Crippen molar-refractivity contribution in [3.05, 3.63) is 63.9 Å². The van der Waals surface area contributed by atoms with Crippen LogP contribution in [0.2, 0.25) is 5.02 Å². The van der Waals surface area contributed by atoms with Gasteiger partial charge in [0.1, 0.15) is 0 Å². The van der Waals surface area contributed by atoms with E-state index in [0.29, 0.717) is 12.5 Å². The molecule has 5 nitrogen and oxygen atoms in total. The van der Waals surface area contributed by atoms with Gasteiger partial charge in [-0.05, 0) is 92.6 Å². The third kappa shape index (κ3) is 4.92. The fourth-order valence-corrected chi connectivity index (χ4v) is 6.54. The molecule has 0 amide bonds. The third-order valence-electron chi connectivity index (χ3n) is 7.67. The Morgan fingerprint density at radius 3 is 2.64 bits per heavy atom. The van der Waals surface area contributed by atoms with Gasteiger partial charge in [0.2, 0.25) is 10.9 Å². The summed E-state index contributed by atoms with van der Waals surface area (Å²) in [7, 11) is -2.66. The second-order valence-corrected chi connectivity index (χ2v) is 10.9. The summed E-state index contributed by atoms with van der Waals surface area (Å²) >= 11 is 6.23. The lowest BCUT2D eigenvalue weighted by atomic mass is 9.75. The molecule has 2 atom stereocenters. The first-order valence-electron chi connectivity index (χ1n) is 11.8. The lowest BCUT2D eigenvalue weighted by Gasteiger charge is -2.40. The summed E-state index contributed by atoms with van der Waals surface area (Å²) in [6.45, 7) is 2.46. The Morgan fingerprint density at radius 2 is 2.00 bits per heavy atom. The van der Waals surface area contributed by atoms with Crippen molar-refractivity contribution in [1.29, 1.82) is 0 Å². The molecule has 0 aromatic heterocycles. The van der Waals surface area contributed by atoms with Gasteiger partial charge in [0.05, 0.1) is 6.61 Å². The first-order chi connectivity index (χ1) is 15.9. The van der Waals surface area contributed by atoms with E-state index in [1.807, 2.05) is 24.3 Å². The lowest BCUT2D eigenvalue weighted by molar-refractivity contribution is 0.106. The Balaban J connectivity index is 1.35. The molecule has 2 aromatic carbocycles. The highest BCUT2D eigenvalue weighted by Gasteiger charge is 2.40. The van der Waals surface area contributed by atoms with Crippen LogP contribution in [-0.2, 0) is 23.7 Å². The summed E-state index contributed by atoms with van der Waals surface area (Å²) in [5.41, 5.74) is 2.97. The average molecular weight is 493 g/mol. The standard InChI is InChI=1S/C25H30ClFN2O3S/c26-19-5-1-4-17(12-19)13-21-20-16-24(32-11-8-25(6-2-7-25)28-33(30)31)22(27)14-18(20)15-23(21)29-9-3-10-29/h1,4-5,12,14,16,21,23,33H,2-3,6-11,13,15H2,(H,28,30,31). The number of fused-ring (bicyclic) bond motifs is 1. The first kappa shape index (κ1) is 23.1. The zero-order valence-electron chi connectivity index (χ0n) is 18.6. The van der Waals surface area contributed by atoms with Crippen LogP contribution >= 0.6 is 11.6 Å². The number of benzene rings is 2. The molecule has 2 aliphatic carbocycles. The second-order valence-electron chi connectivity index (χ2n) is 9.68. The predicted octanol–water partition coefficient (Wildman–Crippen LogP) is 4.24. The van der Waals surface area contributed by atoms with Crippen molar-refractivity contribution in [2.45, 2.75) is 62.4 Å². The van der Waals surface area contributed by atoms with Crippen LogP contribution in [0, 0.1) is 5.82 Å². The third-order valence-corrected chi connectivity index (χ3v) is 8.56. The van der Waals surface area contributed by atoms with Crippen LogP contribution in [0.4, 0.5) is 4.39 Å². The van der Waals surface area contributed by atoms with E-state index in [9.17, 15) is 12.8 Å². The van der Waals surface area contributed by atoms with E-state index in [4.69, 9.17) is 16.3 Å². The summed E-state index contributed by atoms with van der Waals surface area (Å²) in [5.74, 6) is 0.172. The number of hydrogen-bond acceptors (Lipinski definition) is 4. The topological polar surface area (TPSA) is 58.6 Å². The molecule has 1 saturated carbocycles. The van der Waals surface area contributed by atoms with Crippen molar-refractivity contribution in [2.24, 2.45) is 0 Å². The van der Waals surface area contributed by atoms with Gasteiger partial charge in [-0.15, -0.1) is 0 Å². The minimum Gasteiger partial charge on any atom is -0.490 e. The number of nitrogens with zero attached hydrogens (tertiary/aromatic N) is 1. The number of hydrogen-bond donors (Lipinski definition) is 2. The molecule has 1 N–H and O–H groups in total. The van der Waals surface area contributed by atoms with Gasteiger partial charge in [-0.2, -0.15) is 0 Å². The Morgan fingerprint density at radius 1 is 1.18 bits per heavy atom. The van der Waals surface area contributed by atoms with Crippen molar-refractivity contribution in [1.82, 2.24) is 9.62 Å². The van der Waals surface area contributed by atoms with Crippen molar-refractivity contribution in [3.8, 4) is 5.75 Å². The van der Waals surface area contributed by atoms with Crippen LogP contribution in [-0.4, -0.2) is 44.6 Å². The minimum atomic E-state index is -2.66. The van der Waals surface area contributed by atoms with E-state index in [-0.39, 0.29) is 24.1 Å². The number of likely N-dealkylation sites (tertiary alicyclic amines) is 1. The highest BCUT2D eigenvalue weighted by Crippen LogP contribution is 2.43. The van der Waals surface area contributed by atoms with Gasteiger partial charge in [-0.1, -0.05) is 23.7 Å². The van der Waals surface area contributed by atoms with Gasteiger partial charge in [-0.3, -0.25) is 4.90 Å². The SMILES string of the molecule is O=[SH](=O)NC1(CCOc2cc3c(cc2F)CC(N2CCC2)C3Cc2cccc(Cl)c2)CCC1. The first-order valence-corrected chi connectivity index (χ1v) is 13.3. The van der Waals surface area contributed by atoms with Crippen molar-refractivity contribution >= 4 is 22.5 Å². The van der Waals surface area contributed by atoms with E-state index in [2.05, 4.69) is 15.7 Å². The van der Waals surface area contributed by atoms with E-state index in [1.54, 1.807) is 6.07 Å². The molecule has 8 heteroatoms. The van der Waals surface area contributed by atoms with Crippen molar-refractivity contribution in [3.63, 3.8) is 0 Å². The fraction of sp³-hybridized carbons (Fsp3) is 0.520. The van der Waals surface area contributed by atoms with E-state index in [0.717, 1.165) is 61.3 Å². The summed E-state index contributed by atoms with van der Waals surface area (Å²) < 4.78 is 45.8. The molecule has 2 aromatic rings. The summed E-state index contributed by atoms with van der Waals surface area (Å²) in [6, 6.07) is 11.9. The molecule has 1 heterocycles. The molecule has 0 spiro atoms. The number of rotatable bonds is 9. The summed E-state index contributed by atoms with van der Waals surface area (Å²) in [4.78, 5) is 2.50. The van der Waals surface area contributed by atoms with Gasteiger partial charge in [-0.25, -0.2) is 17.5 Å². The van der Waals surface area contributed by atoms with Crippen LogP contribution in [0.3, 0.4) is 0 Å². The molecule has 5 rings (SSSR count). The largest absolute Gasteiger partial charge is 0.490 e. The zero-order chi connectivity index (χ0) is 23.0. The number of halogens is 2. The van der Waals surface area contributed by atoms with E-state index >= 15 is 0 Å². The van der Waals surface area contributed by atoms with E-state index in [1.165, 1.54) is 12.0 Å². The molecular weight excluding hydrogens is 463 g/mol. The van der Waals surface area contributed by atoms with Crippen LogP contribution in [0.1, 0.15) is 54.7 Å². The van der Waals surface area contributed by atoms with Gasteiger partial charge >= 0.3 is 0 Å². The second kappa shape index (κ2) is 9.53. The molecular formula is C25H30ClFN2O3S. The number of nitrogens with one attached hydrogen (secondary N) is 1. The Kier molecular flexibility index (Phi) is 6.67. The summed E-state index contributed by atoms with van der Waals surface area (Å²) in [6.07, 6.45) is 6.04. The molecule has 2 fully saturated rings. The van der Waals surface area contributed by atoms with Crippen LogP contribution in [0.15, 0.2) is 36.4 Å². The highest BCUT2D eigenvalue weighted by atomic mass is 35.5. The maximum absolute atomic E-state index is 14.9. The van der Waals surface area contributed by atoms with Gasteiger partial charge in [0.15, 0.2) is 11.6 Å². The normalized spacial score (nSPS) is 23.7. The van der Waals surface area contributed by atoms with Crippen LogP contribution < -0.4 is 9.46 Å². The molecule has 0 radical (unpaired) electrons. The Hall–Kier alpha value is -1.67. The quantitative estimate of drug-likeness (QED) is 0.514. The number of thiol groups is 1. The average Bonchev–Trinajstić information content (AvgIpc) is 3.01. The molecule has 0 bridgehead atoms. The highest BCUT2D eigenvalue weighted by molar-refractivity contribution is 7.70. The van der Waals surface area contributed by atoms with Gasteiger partial charge in [0, 0.05) is 28.9 Å². The van der Waals surface area contributed by atoms with Crippen LogP contribution in [0.25, 0.3) is 0 Å². The van der Waals surface area contributed by atoms with Crippen molar-refractivity contribution < 1.29 is 17.5 Å². The van der Waals surface area contributed by atoms with Crippen LogP contribution in [0.5, 0.6) is 5.75 Å². The Bertz CT molecular complexity index is 1090. The van der Waals surface area contributed by atoms with Crippen molar-refractivity contribution in [2.75, 3.05) is 19.7 Å². The van der Waals surface area contributed by atoms with Gasteiger partial charge < -0.3 is 4.74 Å². The molecule has 1 aliphatic heterocycles. The maximum Gasteiger partial charge on any atom is 0.201 e. The molecule has 3 aliphatic rings. The zero-order valence-corrected chi connectivity index (χ0v) is 20.2.